The molecule has 84 valence electrons. The number of cyclic esters (lactones) is 1. The molecule has 0 saturated carbocycles. The van der Waals surface area contributed by atoms with E-state index in [2.05, 4.69) is 6.92 Å². The molecule has 0 bridgehead atoms. The van der Waals surface area contributed by atoms with E-state index in [0.717, 1.165) is 19.3 Å². The highest BCUT2D eigenvalue weighted by Crippen LogP contribution is 2.10. The minimum Gasteiger partial charge on any atom is -0.455 e. The molecule has 0 radical (unpaired) electrons. The van der Waals surface area contributed by atoms with E-state index in [9.17, 15) is 9.90 Å². The topological polar surface area (TPSA) is 46.5 Å². The predicted octanol–water partition coefficient (Wildman–Crippen LogP) is 1.97. The summed E-state index contributed by atoms with van der Waals surface area (Å²) in [4.78, 5) is 10.9. The number of hydrogen-bond donors (Lipinski definition) is 1. The quantitative estimate of drug-likeness (QED) is 0.557. The van der Waals surface area contributed by atoms with E-state index >= 15 is 0 Å². The summed E-state index contributed by atoms with van der Waals surface area (Å²) >= 11 is 0. The molecule has 0 unspecified atom stereocenters. The van der Waals surface area contributed by atoms with Crippen LogP contribution in [-0.4, -0.2) is 23.3 Å². The average molecular weight is 210 g/mol. The zero-order valence-corrected chi connectivity index (χ0v) is 9.06. The summed E-state index contributed by atoms with van der Waals surface area (Å²) in [5.74, 6) is -0.307. The second-order valence-electron chi connectivity index (χ2n) is 3.71. The molecule has 1 aliphatic rings. The number of ether oxygens (including phenoxy) is 1. The molecule has 0 aromatic carbocycles. The van der Waals surface area contributed by atoms with Crippen molar-refractivity contribution in [3.8, 4) is 0 Å². The molecule has 15 heavy (non-hydrogen) atoms. The van der Waals surface area contributed by atoms with Crippen LogP contribution in [0.1, 0.15) is 32.6 Å². The first-order valence-corrected chi connectivity index (χ1v) is 5.46. The molecular weight excluding hydrogens is 192 g/mol. The van der Waals surface area contributed by atoms with E-state index in [4.69, 9.17) is 4.74 Å². The monoisotopic (exact) mass is 210 g/mol. The fourth-order valence-corrected chi connectivity index (χ4v) is 1.41. The zero-order chi connectivity index (χ0) is 11.1. The van der Waals surface area contributed by atoms with Crippen molar-refractivity contribution in [1.82, 2.24) is 0 Å². The number of aliphatic hydroxyl groups is 1. The number of rotatable bonds is 5. The van der Waals surface area contributed by atoms with Crippen molar-refractivity contribution >= 4 is 5.97 Å². The molecule has 0 amide bonds. The summed E-state index contributed by atoms with van der Waals surface area (Å²) in [6.45, 7) is 2.09. The Kier molecular flexibility index (Phi) is 5.12. The third kappa shape index (κ3) is 4.79. The van der Waals surface area contributed by atoms with E-state index in [1.165, 1.54) is 6.08 Å². The Hall–Kier alpha value is -1.09. The molecule has 0 aromatic heterocycles. The lowest BCUT2D eigenvalue weighted by Crippen LogP contribution is -2.18. The summed E-state index contributed by atoms with van der Waals surface area (Å²) in [7, 11) is 0. The minimum absolute atomic E-state index is 0.209. The Bertz CT molecular complexity index is 256. The Morgan fingerprint density at radius 1 is 1.73 bits per heavy atom. The molecule has 0 aliphatic carbocycles. The van der Waals surface area contributed by atoms with E-state index in [1.807, 2.05) is 0 Å². The number of carbonyl (C=O) groups is 1. The Balaban J connectivity index is 2.30. The van der Waals surface area contributed by atoms with E-state index < -0.39 is 6.10 Å². The summed E-state index contributed by atoms with van der Waals surface area (Å²) < 4.78 is 5.02. The lowest BCUT2D eigenvalue weighted by Gasteiger charge is -2.15. The SMILES string of the molecule is CCCC[C@@H](O)/C=C/[C@@H]1CC=CC(=O)O1. The van der Waals surface area contributed by atoms with E-state index in [0.29, 0.717) is 6.42 Å². The molecule has 1 aliphatic heterocycles. The first kappa shape index (κ1) is 12.0. The summed E-state index contributed by atoms with van der Waals surface area (Å²) in [5.41, 5.74) is 0. The van der Waals surface area contributed by atoms with Crippen LogP contribution >= 0.6 is 0 Å². The molecule has 1 rings (SSSR count). The summed E-state index contributed by atoms with van der Waals surface area (Å²) in [6, 6.07) is 0. The van der Waals surface area contributed by atoms with Crippen LogP contribution in [0.15, 0.2) is 24.3 Å². The fourth-order valence-electron chi connectivity index (χ4n) is 1.41. The lowest BCUT2D eigenvalue weighted by atomic mass is 10.1. The molecule has 1 heterocycles. The molecule has 0 aromatic rings. The minimum atomic E-state index is -0.422. The highest BCUT2D eigenvalue weighted by Gasteiger charge is 2.12. The number of hydrogen-bond acceptors (Lipinski definition) is 3. The average Bonchev–Trinajstić information content (AvgIpc) is 2.23. The van der Waals surface area contributed by atoms with Gasteiger partial charge in [-0.05, 0) is 12.5 Å². The van der Waals surface area contributed by atoms with Crippen LogP contribution in [0.25, 0.3) is 0 Å². The van der Waals surface area contributed by atoms with Gasteiger partial charge in [0.05, 0.1) is 6.10 Å². The van der Waals surface area contributed by atoms with Gasteiger partial charge < -0.3 is 9.84 Å². The van der Waals surface area contributed by atoms with Crippen molar-refractivity contribution in [2.75, 3.05) is 0 Å². The molecule has 3 nitrogen and oxygen atoms in total. The Morgan fingerprint density at radius 3 is 3.20 bits per heavy atom. The Labute approximate surface area is 90.4 Å². The van der Waals surface area contributed by atoms with E-state index in [-0.39, 0.29) is 12.1 Å². The third-order valence-electron chi connectivity index (χ3n) is 2.29. The van der Waals surface area contributed by atoms with Crippen LogP contribution in [0.5, 0.6) is 0 Å². The van der Waals surface area contributed by atoms with Crippen molar-refractivity contribution in [2.24, 2.45) is 0 Å². The van der Waals surface area contributed by atoms with Gasteiger partial charge >= 0.3 is 5.97 Å². The number of aliphatic hydroxyl groups excluding tert-OH is 1. The van der Waals surface area contributed by atoms with Gasteiger partial charge in [0, 0.05) is 12.5 Å². The molecular formula is C12H18O3. The maximum atomic E-state index is 10.9. The van der Waals surface area contributed by atoms with Crippen LogP contribution in [-0.2, 0) is 9.53 Å². The highest BCUT2D eigenvalue weighted by molar-refractivity contribution is 5.82. The van der Waals surface area contributed by atoms with Crippen LogP contribution in [0.3, 0.4) is 0 Å². The van der Waals surface area contributed by atoms with Gasteiger partial charge in [-0.15, -0.1) is 0 Å². The van der Waals surface area contributed by atoms with Gasteiger partial charge in [-0.3, -0.25) is 0 Å². The van der Waals surface area contributed by atoms with Crippen molar-refractivity contribution in [3.05, 3.63) is 24.3 Å². The first-order chi connectivity index (χ1) is 7.22. The van der Waals surface area contributed by atoms with Crippen molar-refractivity contribution in [1.29, 1.82) is 0 Å². The van der Waals surface area contributed by atoms with Gasteiger partial charge in [-0.25, -0.2) is 4.79 Å². The highest BCUT2D eigenvalue weighted by atomic mass is 16.5. The molecule has 0 saturated heterocycles. The van der Waals surface area contributed by atoms with Gasteiger partial charge in [0.2, 0.25) is 0 Å². The second kappa shape index (κ2) is 6.40. The van der Waals surface area contributed by atoms with Crippen molar-refractivity contribution < 1.29 is 14.6 Å². The second-order valence-corrected chi connectivity index (χ2v) is 3.71. The van der Waals surface area contributed by atoms with E-state index in [1.54, 1.807) is 18.2 Å². The number of esters is 1. The van der Waals surface area contributed by atoms with Crippen LogP contribution in [0, 0.1) is 0 Å². The maximum Gasteiger partial charge on any atom is 0.331 e. The first-order valence-electron chi connectivity index (χ1n) is 5.46. The Morgan fingerprint density at radius 2 is 2.53 bits per heavy atom. The third-order valence-corrected chi connectivity index (χ3v) is 2.29. The van der Waals surface area contributed by atoms with Gasteiger partial charge in [0.15, 0.2) is 0 Å². The van der Waals surface area contributed by atoms with Crippen LogP contribution in [0.4, 0.5) is 0 Å². The van der Waals surface area contributed by atoms with Gasteiger partial charge in [0.1, 0.15) is 6.10 Å². The molecule has 0 spiro atoms. The normalized spacial score (nSPS) is 23.1. The standard InChI is InChI=1S/C12H18O3/c1-2-3-5-10(13)8-9-11-6-4-7-12(14)15-11/h4,7-11,13H,2-3,5-6H2,1H3/b9-8+/t10-,11+/m1/s1. The van der Waals surface area contributed by atoms with Crippen LogP contribution < -0.4 is 0 Å². The smallest absolute Gasteiger partial charge is 0.331 e. The van der Waals surface area contributed by atoms with Gasteiger partial charge in [-0.1, -0.05) is 31.9 Å². The van der Waals surface area contributed by atoms with Crippen molar-refractivity contribution in [3.63, 3.8) is 0 Å². The molecule has 0 fully saturated rings. The largest absolute Gasteiger partial charge is 0.455 e. The molecule has 1 N–H and O–H groups in total. The lowest BCUT2D eigenvalue weighted by molar-refractivity contribution is -0.141. The zero-order valence-electron chi connectivity index (χ0n) is 9.06. The van der Waals surface area contributed by atoms with Gasteiger partial charge in [0.25, 0.3) is 0 Å². The van der Waals surface area contributed by atoms with Gasteiger partial charge in [-0.2, -0.15) is 0 Å². The molecule has 3 heteroatoms. The predicted molar refractivity (Wildman–Crippen MR) is 58.3 cm³/mol. The summed E-state index contributed by atoms with van der Waals surface area (Å²) in [6.07, 6.45) is 9.62. The fraction of sp³-hybridized carbons (Fsp3) is 0.583. The number of unbranched alkanes of at least 4 members (excludes halogenated alkanes) is 1. The molecule has 2 atom stereocenters. The summed E-state index contributed by atoms with van der Waals surface area (Å²) in [5, 5.41) is 9.53. The maximum absolute atomic E-state index is 10.9. The van der Waals surface area contributed by atoms with Crippen LogP contribution in [0.2, 0.25) is 0 Å². The number of carbonyl (C=O) groups excluding carboxylic acids is 1. The van der Waals surface area contributed by atoms with Crippen molar-refractivity contribution in [2.45, 2.75) is 44.8 Å².